The number of hydrogen-bond acceptors (Lipinski definition) is 5. The van der Waals surface area contributed by atoms with Crippen LogP contribution in [0.25, 0.3) is 0 Å². The Morgan fingerprint density at radius 2 is 1.79 bits per heavy atom. The van der Waals surface area contributed by atoms with Crippen molar-refractivity contribution in [2.24, 2.45) is 4.99 Å². The van der Waals surface area contributed by atoms with E-state index in [2.05, 4.69) is 21.8 Å². The fourth-order valence-electron chi connectivity index (χ4n) is 3.39. The van der Waals surface area contributed by atoms with Crippen LogP contribution in [0.15, 0.2) is 59.4 Å². The van der Waals surface area contributed by atoms with E-state index in [1.165, 1.54) is 11.9 Å². The second-order valence-corrected chi connectivity index (χ2v) is 7.10. The van der Waals surface area contributed by atoms with Crippen molar-refractivity contribution in [1.82, 2.24) is 9.80 Å². The van der Waals surface area contributed by atoms with Crippen LogP contribution < -0.4 is 4.74 Å². The van der Waals surface area contributed by atoms with E-state index < -0.39 is 11.6 Å². The Kier molecular flexibility index (Phi) is 5.64. The van der Waals surface area contributed by atoms with E-state index in [0.717, 1.165) is 43.6 Å². The molecule has 152 valence electrons. The number of fused-ring (bicyclic) bond motifs is 1. The Morgan fingerprint density at radius 3 is 2.59 bits per heavy atom. The molecule has 0 aromatic heterocycles. The van der Waals surface area contributed by atoms with Gasteiger partial charge in [0.15, 0.2) is 11.6 Å². The van der Waals surface area contributed by atoms with E-state index >= 15 is 0 Å². The molecule has 2 aliphatic heterocycles. The lowest BCUT2D eigenvalue weighted by molar-refractivity contribution is 0.178. The molecule has 0 spiro atoms. The van der Waals surface area contributed by atoms with E-state index in [-0.39, 0.29) is 5.75 Å². The summed E-state index contributed by atoms with van der Waals surface area (Å²) in [7, 11) is 2.09. The number of nitrogens with zero attached hydrogens (tertiary/aromatic N) is 3. The summed E-state index contributed by atoms with van der Waals surface area (Å²) >= 11 is 0. The van der Waals surface area contributed by atoms with Crippen molar-refractivity contribution in [3.63, 3.8) is 0 Å². The van der Waals surface area contributed by atoms with Gasteiger partial charge in [-0.05, 0) is 36.2 Å². The number of aliphatic imine (C=N–C) groups is 1. The molecule has 0 saturated carbocycles. The van der Waals surface area contributed by atoms with Crippen molar-refractivity contribution in [2.45, 2.75) is 12.8 Å². The van der Waals surface area contributed by atoms with Gasteiger partial charge in [0.1, 0.15) is 24.0 Å². The van der Waals surface area contributed by atoms with Gasteiger partial charge in [0.25, 0.3) is 0 Å². The Hall–Kier alpha value is -3.09. The van der Waals surface area contributed by atoms with Gasteiger partial charge in [-0.2, -0.15) is 0 Å². The van der Waals surface area contributed by atoms with Crippen LogP contribution >= 0.6 is 0 Å². The molecular weight excluding hydrogens is 376 g/mol. The summed E-state index contributed by atoms with van der Waals surface area (Å²) in [5, 5.41) is 0. The Labute approximate surface area is 168 Å². The maximum absolute atomic E-state index is 13.3. The quantitative estimate of drug-likeness (QED) is 0.757. The zero-order chi connectivity index (χ0) is 20.2. The highest BCUT2D eigenvalue weighted by atomic mass is 19.2. The van der Waals surface area contributed by atoms with Gasteiger partial charge in [0, 0.05) is 38.7 Å². The third-order valence-corrected chi connectivity index (χ3v) is 4.98. The molecule has 0 aliphatic carbocycles. The highest BCUT2D eigenvalue weighted by Gasteiger charge is 2.22. The molecule has 4 rings (SSSR count). The smallest absolute Gasteiger partial charge is 0.214 e. The van der Waals surface area contributed by atoms with Gasteiger partial charge < -0.3 is 19.3 Å². The number of ether oxygens (including phenoxy) is 2. The van der Waals surface area contributed by atoms with Crippen LogP contribution in [0, 0.1) is 11.6 Å². The standard InChI is InChI=1S/C22H23F2N3O2/c1-26-10-2-11-27-15-25-21(14-22(26)27)28-12-9-16-3-5-17(6-4-16)29-18-7-8-19(23)20(24)13-18/h3-8,13-14H,2,9-12,15H2,1H3. The molecule has 2 aliphatic rings. The van der Waals surface area contributed by atoms with Crippen molar-refractivity contribution < 1.29 is 18.3 Å². The van der Waals surface area contributed by atoms with Crippen LogP contribution in [0.3, 0.4) is 0 Å². The van der Waals surface area contributed by atoms with Crippen LogP contribution in [0.4, 0.5) is 8.78 Å². The third kappa shape index (κ3) is 4.67. The van der Waals surface area contributed by atoms with E-state index in [4.69, 9.17) is 9.47 Å². The summed E-state index contributed by atoms with van der Waals surface area (Å²) in [5.41, 5.74) is 1.09. The molecule has 0 bridgehead atoms. The topological polar surface area (TPSA) is 37.3 Å². The summed E-state index contributed by atoms with van der Waals surface area (Å²) in [4.78, 5) is 8.98. The summed E-state index contributed by atoms with van der Waals surface area (Å²) in [5.74, 6) is 0.823. The van der Waals surface area contributed by atoms with Crippen molar-refractivity contribution in [3.8, 4) is 11.5 Å². The Bertz CT molecular complexity index is 928. The fraction of sp³-hybridized carbons (Fsp3) is 0.318. The number of halogens is 2. The first-order valence-corrected chi connectivity index (χ1v) is 9.65. The highest BCUT2D eigenvalue weighted by Crippen LogP contribution is 2.24. The molecule has 2 aromatic carbocycles. The molecule has 2 aromatic rings. The van der Waals surface area contributed by atoms with Gasteiger partial charge in [0.05, 0.1) is 6.61 Å². The molecule has 0 atom stereocenters. The van der Waals surface area contributed by atoms with Crippen molar-refractivity contribution in [2.75, 3.05) is 33.4 Å². The van der Waals surface area contributed by atoms with Gasteiger partial charge in [-0.1, -0.05) is 12.1 Å². The van der Waals surface area contributed by atoms with Crippen LogP contribution in [0.5, 0.6) is 11.5 Å². The summed E-state index contributed by atoms with van der Waals surface area (Å²) in [6, 6.07) is 10.9. The van der Waals surface area contributed by atoms with Crippen LogP contribution in [0.2, 0.25) is 0 Å². The second-order valence-electron chi connectivity index (χ2n) is 7.10. The SMILES string of the molecule is CN1CCCN2CN=C(OCCc3ccc(Oc4ccc(F)c(F)c4)cc3)C=C12. The van der Waals surface area contributed by atoms with Crippen LogP contribution in [-0.4, -0.2) is 49.1 Å². The average Bonchev–Trinajstić information content (AvgIpc) is 2.73. The van der Waals surface area contributed by atoms with Crippen molar-refractivity contribution in [1.29, 1.82) is 0 Å². The Morgan fingerprint density at radius 1 is 1.00 bits per heavy atom. The van der Waals surface area contributed by atoms with Crippen molar-refractivity contribution >= 4 is 5.90 Å². The summed E-state index contributed by atoms with van der Waals surface area (Å²) in [6.07, 6.45) is 3.88. The molecule has 0 radical (unpaired) electrons. The highest BCUT2D eigenvalue weighted by molar-refractivity contribution is 5.88. The normalized spacial score (nSPS) is 16.1. The zero-order valence-electron chi connectivity index (χ0n) is 16.3. The summed E-state index contributed by atoms with van der Waals surface area (Å²) < 4.78 is 37.7. The largest absolute Gasteiger partial charge is 0.477 e. The first kappa shape index (κ1) is 19.2. The van der Waals surface area contributed by atoms with Gasteiger partial charge in [-0.3, -0.25) is 0 Å². The number of rotatable bonds is 5. The average molecular weight is 399 g/mol. The van der Waals surface area contributed by atoms with Gasteiger partial charge >= 0.3 is 0 Å². The van der Waals surface area contributed by atoms with E-state index in [9.17, 15) is 8.78 Å². The van der Waals surface area contributed by atoms with Gasteiger partial charge in [-0.15, -0.1) is 0 Å². The zero-order valence-corrected chi connectivity index (χ0v) is 16.3. The molecule has 29 heavy (non-hydrogen) atoms. The van der Waals surface area contributed by atoms with Crippen LogP contribution in [0.1, 0.15) is 12.0 Å². The minimum atomic E-state index is -0.931. The minimum absolute atomic E-state index is 0.255. The lowest BCUT2D eigenvalue weighted by atomic mass is 10.1. The van der Waals surface area contributed by atoms with Gasteiger partial charge in [-0.25, -0.2) is 13.8 Å². The van der Waals surface area contributed by atoms with E-state index in [0.29, 0.717) is 24.9 Å². The molecule has 0 N–H and O–H groups in total. The molecule has 7 heteroatoms. The number of hydrogen-bond donors (Lipinski definition) is 0. The maximum atomic E-state index is 13.3. The molecular formula is C22H23F2N3O2. The minimum Gasteiger partial charge on any atom is -0.477 e. The summed E-state index contributed by atoms with van der Waals surface area (Å²) in [6.45, 7) is 3.25. The lowest BCUT2D eigenvalue weighted by Crippen LogP contribution is -2.43. The maximum Gasteiger partial charge on any atom is 0.214 e. The van der Waals surface area contributed by atoms with Gasteiger partial charge in [0.2, 0.25) is 5.90 Å². The first-order valence-electron chi connectivity index (χ1n) is 9.65. The molecule has 5 nitrogen and oxygen atoms in total. The van der Waals surface area contributed by atoms with Crippen LogP contribution in [-0.2, 0) is 11.2 Å². The lowest BCUT2D eigenvalue weighted by Gasteiger charge is -2.39. The predicted molar refractivity (Wildman–Crippen MR) is 107 cm³/mol. The molecule has 1 fully saturated rings. The molecule has 0 unspecified atom stereocenters. The predicted octanol–water partition coefficient (Wildman–Crippen LogP) is 4.16. The second kappa shape index (κ2) is 8.51. The fourth-order valence-corrected chi connectivity index (χ4v) is 3.39. The number of benzene rings is 2. The third-order valence-electron chi connectivity index (χ3n) is 4.98. The molecule has 2 heterocycles. The van der Waals surface area contributed by atoms with Crippen molar-refractivity contribution in [3.05, 3.63) is 71.6 Å². The Balaban J connectivity index is 1.28. The molecule has 0 amide bonds. The molecule has 1 saturated heterocycles. The van der Waals surface area contributed by atoms with E-state index in [1.54, 1.807) is 12.1 Å². The monoisotopic (exact) mass is 399 g/mol. The van der Waals surface area contributed by atoms with E-state index in [1.807, 2.05) is 18.2 Å². The first-order chi connectivity index (χ1) is 14.1.